The number of carbonyl (C=O) groups excluding carboxylic acids is 2. The Labute approximate surface area is 159 Å². The van der Waals surface area contributed by atoms with E-state index in [1.54, 1.807) is 19.3 Å². The highest BCUT2D eigenvalue weighted by Crippen LogP contribution is 2.31. The van der Waals surface area contributed by atoms with Crippen molar-refractivity contribution in [1.29, 1.82) is 0 Å². The molecule has 0 spiro atoms. The van der Waals surface area contributed by atoms with Gasteiger partial charge in [0.15, 0.2) is 0 Å². The van der Waals surface area contributed by atoms with Crippen LogP contribution in [0.4, 0.5) is 0 Å². The van der Waals surface area contributed by atoms with E-state index in [2.05, 4.69) is 24.2 Å². The number of amides is 2. The lowest BCUT2D eigenvalue weighted by Gasteiger charge is -2.29. The first-order chi connectivity index (χ1) is 13.0. The number of ether oxygens (including phenoxy) is 1. The zero-order valence-electron chi connectivity index (χ0n) is 15.9. The molecule has 0 radical (unpaired) electrons. The Morgan fingerprint density at radius 3 is 2.63 bits per heavy atom. The molecule has 2 aliphatic rings. The molecule has 0 saturated heterocycles. The molecule has 1 aromatic rings. The summed E-state index contributed by atoms with van der Waals surface area (Å²) in [7, 11) is 1.63. The minimum Gasteiger partial charge on any atom is -0.497 e. The molecule has 2 amide bonds. The predicted molar refractivity (Wildman–Crippen MR) is 106 cm³/mol. The summed E-state index contributed by atoms with van der Waals surface area (Å²) in [6.45, 7) is 4.14. The van der Waals surface area contributed by atoms with Crippen molar-refractivity contribution in [2.24, 2.45) is 16.8 Å². The molecule has 1 aliphatic heterocycles. The van der Waals surface area contributed by atoms with E-state index in [0.717, 1.165) is 22.6 Å². The number of nitrogens with zero attached hydrogens (tertiary/aromatic N) is 1. The van der Waals surface area contributed by atoms with Crippen molar-refractivity contribution < 1.29 is 14.3 Å². The fourth-order valence-electron chi connectivity index (χ4n) is 3.26. The number of aryl methyl sites for hydroxylation is 1. The van der Waals surface area contributed by atoms with Gasteiger partial charge in [-0.25, -0.2) is 4.99 Å². The summed E-state index contributed by atoms with van der Waals surface area (Å²) in [5.41, 5.74) is 3.50. The van der Waals surface area contributed by atoms with Crippen LogP contribution in [0.1, 0.15) is 25.8 Å². The molecule has 140 valence electrons. The van der Waals surface area contributed by atoms with Crippen LogP contribution < -0.4 is 10.1 Å². The van der Waals surface area contributed by atoms with Gasteiger partial charge in [0.2, 0.25) is 11.8 Å². The van der Waals surface area contributed by atoms with Crippen molar-refractivity contribution >= 4 is 17.5 Å². The highest BCUT2D eigenvalue weighted by atomic mass is 16.5. The molecule has 1 unspecified atom stereocenters. The average Bonchev–Trinajstić information content (AvgIpc) is 2.65. The third kappa shape index (κ3) is 4.61. The van der Waals surface area contributed by atoms with Gasteiger partial charge in [-0.1, -0.05) is 32.1 Å². The molecule has 0 fully saturated rings. The van der Waals surface area contributed by atoms with Crippen molar-refractivity contribution in [1.82, 2.24) is 5.32 Å². The maximum atomic E-state index is 12.2. The fourth-order valence-corrected chi connectivity index (χ4v) is 3.26. The first kappa shape index (κ1) is 18.8. The quantitative estimate of drug-likeness (QED) is 0.871. The number of hydrogen-bond donors (Lipinski definition) is 1. The van der Waals surface area contributed by atoms with Gasteiger partial charge < -0.3 is 10.1 Å². The van der Waals surface area contributed by atoms with Gasteiger partial charge in [0.25, 0.3) is 0 Å². The molecular weight excluding hydrogens is 340 g/mol. The first-order valence-corrected chi connectivity index (χ1v) is 9.13. The number of rotatable bonds is 5. The van der Waals surface area contributed by atoms with Crippen molar-refractivity contribution in [3.8, 4) is 5.75 Å². The van der Waals surface area contributed by atoms with Gasteiger partial charge in [0.05, 0.1) is 12.8 Å². The number of nitrogens with one attached hydrogen (secondary N) is 1. The molecule has 1 aliphatic carbocycles. The Morgan fingerprint density at radius 2 is 1.96 bits per heavy atom. The summed E-state index contributed by atoms with van der Waals surface area (Å²) in [5, 5.41) is 2.87. The summed E-state index contributed by atoms with van der Waals surface area (Å²) in [6.07, 6.45) is 8.27. The normalized spacial score (nSPS) is 20.1. The first-order valence-electron chi connectivity index (χ1n) is 9.13. The topological polar surface area (TPSA) is 67.8 Å². The molecular formula is C22H24N2O3. The van der Waals surface area contributed by atoms with Crippen LogP contribution in [0.3, 0.4) is 0 Å². The van der Waals surface area contributed by atoms with E-state index in [0.29, 0.717) is 18.6 Å². The van der Waals surface area contributed by atoms with Crippen LogP contribution in [-0.4, -0.2) is 24.6 Å². The molecule has 0 saturated carbocycles. The van der Waals surface area contributed by atoms with Crippen LogP contribution in [-0.2, 0) is 16.0 Å². The van der Waals surface area contributed by atoms with Crippen molar-refractivity contribution in [2.45, 2.75) is 26.7 Å². The van der Waals surface area contributed by atoms with Crippen LogP contribution in [0.25, 0.3) is 0 Å². The molecule has 0 aromatic heterocycles. The average molecular weight is 364 g/mol. The van der Waals surface area contributed by atoms with Gasteiger partial charge in [-0.3, -0.25) is 9.59 Å². The van der Waals surface area contributed by atoms with E-state index < -0.39 is 0 Å². The number of benzene rings is 1. The second kappa shape index (κ2) is 8.16. The van der Waals surface area contributed by atoms with Gasteiger partial charge in [0.1, 0.15) is 5.75 Å². The molecule has 1 heterocycles. The maximum Gasteiger partial charge on any atom is 0.248 e. The van der Waals surface area contributed by atoms with Gasteiger partial charge in [-0.05, 0) is 47.8 Å². The van der Waals surface area contributed by atoms with Crippen LogP contribution in [0, 0.1) is 11.8 Å². The minimum atomic E-state index is -0.178. The molecule has 5 heteroatoms. The van der Waals surface area contributed by atoms with Crippen LogP contribution >= 0.6 is 0 Å². The number of allylic oxidation sites excluding steroid dienone is 3. The van der Waals surface area contributed by atoms with Gasteiger partial charge in [-0.2, -0.15) is 0 Å². The Balaban J connectivity index is 1.65. The number of methoxy groups -OCH3 is 1. The molecule has 1 N–H and O–H groups in total. The van der Waals surface area contributed by atoms with Crippen LogP contribution in [0.2, 0.25) is 0 Å². The lowest BCUT2D eigenvalue weighted by Crippen LogP contribution is -2.34. The number of hydrogen-bond acceptors (Lipinski definition) is 3. The molecule has 0 bridgehead atoms. The molecule has 1 aromatic carbocycles. The van der Waals surface area contributed by atoms with Gasteiger partial charge in [-0.15, -0.1) is 0 Å². The van der Waals surface area contributed by atoms with E-state index in [1.807, 2.05) is 36.4 Å². The number of fused-ring (bicyclic) bond motifs is 1. The van der Waals surface area contributed by atoms with Crippen molar-refractivity contribution in [3.63, 3.8) is 0 Å². The molecule has 1 atom stereocenters. The van der Waals surface area contributed by atoms with E-state index in [-0.39, 0.29) is 23.7 Å². The Hall–Kier alpha value is -2.95. The van der Waals surface area contributed by atoms with Crippen molar-refractivity contribution in [2.75, 3.05) is 7.11 Å². The lowest BCUT2D eigenvalue weighted by atomic mass is 9.82. The Kier molecular flexibility index (Phi) is 5.69. The highest BCUT2D eigenvalue weighted by Gasteiger charge is 2.27. The zero-order chi connectivity index (χ0) is 19.4. The van der Waals surface area contributed by atoms with E-state index in [1.165, 1.54) is 0 Å². The lowest BCUT2D eigenvalue weighted by molar-refractivity contribution is -0.118. The van der Waals surface area contributed by atoms with Gasteiger partial charge >= 0.3 is 0 Å². The van der Waals surface area contributed by atoms with E-state index >= 15 is 0 Å². The largest absolute Gasteiger partial charge is 0.497 e. The summed E-state index contributed by atoms with van der Waals surface area (Å²) in [5.74, 6) is 0.821. The third-order valence-corrected chi connectivity index (χ3v) is 4.73. The second-order valence-corrected chi connectivity index (χ2v) is 7.00. The van der Waals surface area contributed by atoms with Crippen molar-refractivity contribution in [3.05, 3.63) is 65.4 Å². The molecule has 5 nitrogen and oxygen atoms in total. The predicted octanol–water partition coefficient (Wildman–Crippen LogP) is 3.38. The molecule has 3 rings (SSSR count). The third-order valence-electron chi connectivity index (χ3n) is 4.73. The number of aliphatic imine (C=N–C) groups is 1. The summed E-state index contributed by atoms with van der Waals surface area (Å²) in [6, 6.07) is 7.66. The summed E-state index contributed by atoms with van der Waals surface area (Å²) in [4.78, 5) is 28.3. The van der Waals surface area contributed by atoms with E-state index in [9.17, 15) is 9.59 Å². The van der Waals surface area contributed by atoms with E-state index in [4.69, 9.17) is 4.74 Å². The van der Waals surface area contributed by atoms with Crippen LogP contribution in [0.5, 0.6) is 5.75 Å². The summed E-state index contributed by atoms with van der Waals surface area (Å²) < 4.78 is 5.13. The summed E-state index contributed by atoms with van der Waals surface area (Å²) >= 11 is 0. The number of carbonyl (C=O) groups is 2. The van der Waals surface area contributed by atoms with Crippen LogP contribution in [0.15, 0.2) is 64.8 Å². The molecule has 27 heavy (non-hydrogen) atoms. The Bertz CT molecular complexity index is 858. The minimum absolute atomic E-state index is 0.0519. The highest BCUT2D eigenvalue weighted by molar-refractivity contribution is 6.11. The monoisotopic (exact) mass is 364 g/mol. The SMILES string of the molecule is COc1ccc(CCC(=O)N=C2C=CC3C(=C2)NC(=O)C=C3C(C)C)cc1. The standard InChI is InChI=1S/C22H24N2O3/c1-14(2)19-13-22(26)24-20-12-16(7-10-18(19)20)23-21(25)11-6-15-4-8-17(27-3)9-5-15/h4-5,7-10,12-14,18H,6,11H2,1-3H3,(H,24,26). The second-order valence-electron chi connectivity index (χ2n) is 7.00. The smallest absolute Gasteiger partial charge is 0.248 e. The van der Waals surface area contributed by atoms with Gasteiger partial charge in [0, 0.05) is 24.1 Å². The fraction of sp³-hybridized carbons (Fsp3) is 0.318. The maximum absolute atomic E-state index is 12.2. The Morgan fingerprint density at radius 1 is 1.22 bits per heavy atom. The zero-order valence-corrected chi connectivity index (χ0v) is 15.9.